The van der Waals surface area contributed by atoms with Gasteiger partial charge in [0, 0.05) is 4.47 Å². The molecule has 21 heavy (non-hydrogen) atoms. The predicted molar refractivity (Wildman–Crippen MR) is 90.5 cm³/mol. The number of benzene rings is 1. The number of hydrogen-bond acceptors (Lipinski definition) is 3. The molecule has 4 nitrogen and oxygen atoms in total. The van der Waals surface area contributed by atoms with E-state index in [2.05, 4.69) is 45.4 Å². The molecule has 114 valence electrons. The van der Waals surface area contributed by atoms with Gasteiger partial charge in [0.15, 0.2) is 0 Å². The Balaban J connectivity index is 2.39. The van der Waals surface area contributed by atoms with E-state index in [1.807, 2.05) is 19.1 Å². The van der Waals surface area contributed by atoms with Crippen LogP contribution in [0.5, 0.6) is 0 Å². The van der Waals surface area contributed by atoms with Gasteiger partial charge in [0.1, 0.15) is 5.69 Å². The molecule has 1 heterocycles. The van der Waals surface area contributed by atoms with Crippen molar-refractivity contribution in [2.75, 3.05) is 6.54 Å². The van der Waals surface area contributed by atoms with Gasteiger partial charge in [-0.05, 0) is 54.9 Å². The second kappa shape index (κ2) is 7.09. The topological polar surface area (TPSA) is 42.7 Å². The zero-order valence-electron chi connectivity index (χ0n) is 12.1. The Bertz CT molecular complexity index is 642. The van der Waals surface area contributed by atoms with E-state index < -0.39 is 0 Å². The third-order valence-electron chi connectivity index (χ3n) is 3.28. The van der Waals surface area contributed by atoms with Crippen molar-refractivity contribution in [1.82, 2.24) is 20.3 Å². The van der Waals surface area contributed by atoms with Crippen LogP contribution in [0.4, 0.5) is 0 Å². The molecule has 1 N–H and O–H groups in total. The van der Waals surface area contributed by atoms with E-state index in [9.17, 15) is 0 Å². The Morgan fingerprint density at radius 3 is 2.71 bits per heavy atom. The monoisotopic (exact) mass is 390 g/mol. The van der Waals surface area contributed by atoms with Crippen molar-refractivity contribution < 1.29 is 0 Å². The van der Waals surface area contributed by atoms with E-state index in [4.69, 9.17) is 23.2 Å². The van der Waals surface area contributed by atoms with Crippen molar-refractivity contribution in [3.8, 4) is 5.69 Å². The van der Waals surface area contributed by atoms with Crippen LogP contribution >= 0.6 is 39.1 Å². The summed E-state index contributed by atoms with van der Waals surface area (Å²) in [7, 11) is 0. The molecule has 0 saturated carbocycles. The molecule has 0 bridgehead atoms. The summed E-state index contributed by atoms with van der Waals surface area (Å²) < 4.78 is 2.48. The van der Waals surface area contributed by atoms with Crippen LogP contribution in [0.25, 0.3) is 5.69 Å². The maximum Gasteiger partial charge on any atom is 0.103 e. The van der Waals surface area contributed by atoms with E-state index in [0.29, 0.717) is 10.0 Å². The summed E-state index contributed by atoms with van der Waals surface area (Å²) in [4.78, 5) is 0. The lowest BCUT2D eigenvalue weighted by atomic mass is 10.2. The van der Waals surface area contributed by atoms with Gasteiger partial charge in [-0.25, -0.2) is 4.68 Å². The first-order valence-corrected chi connectivity index (χ1v) is 8.31. The minimum atomic E-state index is 0.142. The minimum absolute atomic E-state index is 0.142. The molecule has 1 aromatic carbocycles. The van der Waals surface area contributed by atoms with Crippen molar-refractivity contribution in [2.24, 2.45) is 0 Å². The van der Waals surface area contributed by atoms with Crippen molar-refractivity contribution >= 4 is 39.1 Å². The third-order valence-corrected chi connectivity index (χ3v) is 5.04. The molecule has 0 saturated heterocycles. The number of rotatable bonds is 5. The van der Waals surface area contributed by atoms with Crippen LogP contribution in [-0.4, -0.2) is 21.5 Å². The quantitative estimate of drug-likeness (QED) is 0.750. The smallest absolute Gasteiger partial charge is 0.103 e. The van der Waals surface area contributed by atoms with Crippen LogP contribution in [0, 0.1) is 6.92 Å². The highest BCUT2D eigenvalue weighted by Crippen LogP contribution is 2.35. The maximum absolute atomic E-state index is 6.31. The largest absolute Gasteiger partial charge is 0.309 e. The van der Waals surface area contributed by atoms with Crippen LogP contribution < -0.4 is 5.32 Å². The standard InChI is InChI=1S/C14H17BrCl2N4/c1-4-7-18-8(2)14-9(3)21(20-19-14)11-6-5-10(15)12(16)13(11)17/h5-6,8,18H,4,7H2,1-3H3. The molecule has 0 fully saturated rings. The van der Waals surface area contributed by atoms with E-state index in [1.165, 1.54) is 0 Å². The van der Waals surface area contributed by atoms with Gasteiger partial charge in [0.25, 0.3) is 0 Å². The Labute approximate surface area is 142 Å². The Kier molecular flexibility index (Phi) is 5.66. The predicted octanol–water partition coefficient (Wildman–Crippen LogP) is 4.71. The lowest BCUT2D eigenvalue weighted by Crippen LogP contribution is -2.20. The van der Waals surface area contributed by atoms with Gasteiger partial charge in [-0.15, -0.1) is 5.10 Å². The molecule has 0 aliphatic rings. The van der Waals surface area contributed by atoms with Crippen molar-refractivity contribution in [3.63, 3.8) is 0 Å². The van der Waals surface area contributed by atoms with Crippen molar-refractivity contribution in [2.45, 2.75) is 33.2 Å². The summed E-state index contributed by atoms with van der Waals surface area (Å²) in [6.07, 6.45) is 1.08. The summed E-state index contributed by atoms with van der Waals surface area (Å²) in [5.41, 5.74) is 2.59. The van der Waals surface area contributed by atoms with Crippen LogP contribution in [0.2, 0.25) is 10.0 Å². The molecule has 0 aliphatic carbocycles. The van der Waals surface area contributed by atoms with Crippen LogP contribution in [0.15, 0.2) is 16.6 Å². The molecule has 0 radical (unpaired) electrons. The second-order valence-electron chi connectivity index (χ2n) is 4.84. The number of halogens is 3. The minimum Gasteiger partial charge on any atom is -0.309 e. The molecule has 1 atom stereocenters. The lowest BCUT2D eigenvalue weighted by molar-refractivity contribution is 0.555. The molecule has 2 aromatic rings. The average Bonchev–Trinajstić information content (AvgIpc) is 2.84. The molecule has 2 rings (SSSR count). The molecule has 0 aliphatic heterocycles. The zero-order valence-corrected chi connectivity index (χ0v) is 15.2. The number of nitrogens with zero attached hydrogens (tertiary/aromatic N) is 3. The maximum atomic E-state index is 6.31. The first-order valence-electron chi connectivity index (χ1n) is 6.76. The van der Waals surface area contributed by atoms with Gasteiger partial charge in [-0.3, -0.25) is 0 Å². The highest BCUT2D eigenvalue weighted by Gasteiger charge is 2.18. The van der Waals surface area contributed by atoms with Crippen molar-refractivity contribution in [3.05, 3.63) is 38.0 Å². The summed E-state index contributed by atoms with van der Waals surface area (Å²) in [6, 6.07) is 3.86. The van der Waals surface area contributed by atoms with Crippen LogP contribution in [-0.2, 0) is 0 Å². The van der Waals surface area contributed by atoms with Gasteiger partial charge in [0.05, 0.1) is 27.5 Å². The summed E-state index contributed by atoms with van der Waals surface area (Å²) in [6.45, 7) is 7.13. The average molecular weight is 392 g/mol. The summed E-state index contributed by atoms with van der Waals surface area (Å²) >= 11 is 15.8. The SMILES string of the molecule is CCCNC(C)c1nnn(-c2ccc(Br)c(Cl)c2Cl)c1C. The lowest BCUT2D eigenvalue weighted by Gasteiger charge is -2.12. The number of nitrogens with one attached hydrogen (secondary N) is 1. The van der Waals surface area contributed by atoms with Gasteiger partial charge in [-0.1, -0.05) is 35.3 Å². The molecule has 1 aromatic heterocycles. The molecular formula is C14H17BrCl2N4. The third kappa shape index (κ3) is 3.42. The summed E-state index contributed by atoms with van der Waals surface area (Å²) in [5.74, 6) is 0. The van der Waals surface area contributed by atoms with Gasteiger partial charge in [0.2, 0.25) is 0 Å². The Morgan fingerprint density at radius 1 is 1.33 bits per heavy atom. The first kappa shape index (κ1) is 16.7. The van der Waals surface area contributed by atoms with E-state index >= 15 is 0 Å². The molecule has 1 unspecified atom stereocenters. The van der Waals surface area contributed by atoms with Gasteiger partial charge in [-0.2, -0.15) is 0 Å². The van der Waals surface area contributed by atoms with Crippen LogP contribution in [0.3, 0.4) is 0 Å². The molecule has 0 amide bonds. The highest BCUT2D eigenvalue weighted by atomic mass is 79.9. The van der Waals surface area contributed by atoms with Gasteiger partial charge >= 0.3 is 0 Å². The fourth-order valence-electron chi connectivity index (χ4n) is 2.11. The second-order valence-corrected chi connectivity index (χ2v) is 6.45. The highest BCUT2D eigenvalue weighted by molar-refractivity contribution is 9.10. The Morgan fingerprint density at radius 2 is 2.05 bits per heavy atom. The Hall–Kier alpha value is -0.620. The first-order chi connectivity index (χ1) is 9.97. The number of aromatic nitrogens is 3. The van der Waals surface area contributed by atoms with Gasteiger partial charge < -0.3 is 5.32 Å². The number of hydrogen-bond donors (Lipinski definition) is 1. The fourth-order valence-corrected chi connectivity index (χ4v) is 2.96. The van der Waals surface area contributed by atoms with Crippen molar-refractivity contribution in [1.29, 1.82) is 0 Å². The molecule has 7 heteroatoms. The van der Waals surface area contributed by atoms with E-state index in [1.54, 1.807) is 4.68 Å². The van der Waals surface area contributed by atoms with E-state index in [0.717, 1.165) is 34.5 Å². The molecule has 0 spiro atoms. The fraction of sp³-hybridized carbons (Fsp3) is 0.429. The normalized spacial score (nSPS) is 12.7. The van der Waals surface area contributed by atoms with Crippen LogP contribution in [0.1, 0.15) is 37.7 Å². The molecular weight excluding hydrogens is 375 g/mol. The zero-order chi connectivity index (χ0) is 15.6. The summed E-state index contributed by atoms with van der Waals surface area (Å²) in [5, 5.41) is 12.8. The van der Waals surface area contributed by atoms with E-state index in [-0.39, 0.29) is 6.04 Å².